The molecule has 1 unspecified atom stereocenters. The molecule has 0 rings (SSSR count). The summed E-state index contributed by atoms with van der Waals surface area (Å²) in [5.74, 6) is -0.800. The highest BCUT2D eigenvalue weighted by Gasteiger charge is 2.20. The minimum absolute atomic E-state index is 0.106. The Bertz CT molecular complexity index is 224. The number of carbonyl (C=O) groups is 2. The fourth-order valence-corrected chi connectivity index (χ4v) is 1.71. The summed E-state index contributed by atoms with van der Waals surface area (Å²) in [4.78, 5) is 23.1. The van der Waals surface area contributed by atoms with Gasteiger partial charge < -0.3 is 4.74 Å². The van der Waals surface area contributed by atoms with Crippen molar-refractivity contribution in [3.63, 3.8) is 0 Å². The first kappa shape index (κ1) is 16.1. The summed E-state index contributed by atoms with van der Waals surface area (Å²) < 4.78 is 4.87. The summed E-state index contributed by atoms with van der Waals surface area (Å²) in [6, 6.07) is 0. The Labute approximate surface area is 105 Å². The maximum atomic E-state index is 11.7. The molecule has 0 saturated carbocycles. The SMILES string of the molecule is CCCCCC(=O)OC(=O)C(CC)CCCC. The van der Waals surface area contributed by atoms with Crippen LogP contribution in [0.15, 0.2) is 0 Å². The van der Waals surface area contributed by atoms with Crippen molar-refractivity contribution < 1.29 is 14.3 Å². The summed E-state index contributed by atoms with van der Waals surface area (Å²) in [5, 5.41) is 0. The van der Waals surface area contributed by atoms with Crippen molar-refractivity contribution in [1.82, 2.24) is 0 Å². The molecule has 0 heterocycles. The van der Waals surface area contributed by atoms with Gasteiger partial charge in [-0.15, -0.1) is 0 Å². The van der Waals surface area contributed by atoms with Gasteiger partial charge in [0.25, 0.3) is 0 Å². The zero-order valence-electron chi connectivity index (χ0n) is 11.5. The third-order valence-electron chi connectivity index (χ3n) is 2.93. The van der Waals surface area contributed by atoms with Gasteiger partial charge in [0.15, 0.2) is 0 Å². The Morgan fingerprint density at radius 1 is 1.00 bits per heavy atom. The van der Waals surface area contributed by atoms with Crippen molar-refractivity contribution >= 4 is 11.9 Å². The molecule has 0 bridgehead atoms. The third-order valence-corrected chi connectivity index (χ3v) is 2.93. The summed E-state index contributed by atoms with van der Waals surface area (Å²) in [7, 11) is 0. The van der Waals surface area contributed by atoms with Crippen LogP contribution in [-0.4, -0.2) is 11.9 Å². The van der Waals surface area contributed by atoms with Crippen molar-refractivity contribution in [2.24, 2.45) is 5.92 Å². The van der Waals surface area contributed by atoms with Gasteiger partial charge in [0.05, 0.1) is 5.92 Å². The minimum Gasteiger partial charge on any atom is -0.393 e. The average Bonchev–Trinajstić information content (AvgIpc) is 2.30. The zero-order valence-corrected chi connectivity index (χ0v) is 11.5. The van der Waals surface area contributed by atoms with Gasteiger partial charge in [-0.2, -0.15) is 0 Å². The molecular formula is C14H26O3. The minimum atomic E-state index is -0.363. The van der Waals surface area contributed by atoms with Crippen molar-refractivity contribution in [2.75, 3.05) is 0 Å². The molecule has 3 nitrogen and oxygen atoms in total. The fraction of sp³-hybridized carbons (Fsp3) is 0.857. The average molecular weight is 242 g/mol. The van der Waals surface area contributed by atoms with Gasteiger partial charge in [0, 0.05) is 6.42 Å². The number of hydrogen-bond acceptors (Lipinski definition) is 3. The van der Waals surface area contributed by atoms with E-state index in [4.69, 9.17) is 4.74 Å². The molecule has 0 aliphatic carbocycles. The molecule has 0 spiro atoms. The predicted octanol–water partition coefficient (Wildman–Crippen LogP) is 3.85. The molecule has 0 aromatic carbocycles. The first-order chi connectivity index (χ1) is 8.15. The molecule has 1 atom stereocenters. The van der Waals surface area contributed by atoms with Gasteiger partial charge in [0.1, 0.15) is 0 Å². The van der Waals surface area contributed by atoms with Crippen LogP contribution in [0.1, 0.15) is 72.1 Å². The van der Waals surface area contributed by atoms with Crippen molar-refractivity contribution in [2.45, 2.75) is 72.1 Å². The summed E-state index contributed by atoms with van der Waals surface area (Å²) in [6.45, 7) is 6.13. The zero-order chi connectivity index (χ0) is 13.1. The first-order valence-corrected chi connectivity index (χ1v) is 6.90. The van der Waals surface area contributed by atoms with Crippen LogP contribution in [-0.2, 0) is 14.3 Å². The number of esters is 2. The van der Waals surface area contributed by atoms with Gasteiger partial charge in [-0.25, -0.2) is 0 Å². The van der Waals surface area contributed by atoms with Crippen LogP contribution < -0.4 is 0 Å². The van der Waals surface area contributed by atoms with Crippen molar-refractivity contribution in [3.8, 4) is 0 Å². The van der Waals surface area contributed by atoms with Gasteiger partial charge in [-0.1, -0.05) is 46.5 Å². The Balaban J connectivity index is 3.90. The van der Waals surface area contributed by atoms with Crippen molar-refractivity contribution in [3.05, 3.63) is 0 Å². The van der Waals surface area contributed by atoms with E-state index < -0.39 is 0 Å². The number of carbonyl (C=O) groups excluding carboxylic acids is 2. The van der Waals surface area contributed by atoms with Crippen LogP contribution in [0.25, 0.3) is 0 Å². The number of ether oxygens (including phenoxy) is 1. The van der Waals surface area contributed by atoms with Crippen LogP contribution in [0, 0.1) is 5.92 Å². The Hall–Kier alpha value is -0.860. The molecule has 17 heavy (non-hydrogen) atoms. The monoisotopic (exact) mass is 242 g/mol. The van der Waals surface area contributed by atoms with Gasteiger partial charge in [-0.3, -0.25) is 9.59 Å². The van der Waals surface area contributed by atoms with Crippen LogP contribution >= 0.6 is 0 Å². The highest BCUT2D eigenvalue weighted by molar-refractivity contribution is 5.86. The molecule has 0 aromatic rings. The van der Waals surface area contributed by atoms with Crippen LogP contribution in [0.2, 0.25) is 0 Å². The number of unbranched alkanes of at least 4 members (excludes halogenated alkanes) is 3. The lowest BCUT2D eigenvalue weighted by atomic mass is 10.00. The van der Waals surface area contributed by atoms with Gasteiger partial charge in [0.2, 0.25) is 0 Å². The smallest absolute Gasteiger partial charge is 0.316 e. The third kappa shape index (κ3) is 7.94. The summed E-state index contributed by atoms with van der Waals surface area (Å²) >= 11 is 0. The largest absolute Gasteiger partial charge is 0.393 e. The van der Waals surface area contributed by atoms with Crippen molar-refractivity contribution in [1.29, 1.82) is 0 Å². The molecule has 0 aromatic heterocycles. The summed E-state index contributed by atoms with van der Waals surface area (Å²) in [5.41, 5.74) is 0. The predicted molar refractivity (Wildman–Crippen MR) is 68.5 cm³/mol. The van der Waals surface area contributed by atoms with E-state index in [-0.39, 0.29) is 17.9 Å². The van der Waals surface area contributed by atoms with Crippen LogP contribution in [0.4, 0.5) is 0 Å². The molecule has 3 heteroatoms. The van der Waals surface area contributed by atoms with Gasteiger partial charge >= 0.3 is 11.9 Å². The van der Waals surface area contributed by atoms with Crippen LogP contribution in [0.5, 0.6) is 0 Å². The van der Waals surface area contributed by atoms with E-state index in [1.807, 2.05) is 6.92 Å². The highest BCUT2D eigenvalue weighted by atomic mass is 16.6. The van der Waals surface area contributed by atoms with E-state index in [9.17, 15) is 9.59 Å². The Kier molecular flexibility index (Phi) is 9.78. The quantitative estimate of drug-likeness (QED) is 0.350. The Morgan fingerprint density at radius 2 is 1.65 bits per heavy atom. The lowest BCUT2D eigenvalue weighted by Crippen LogP contribution is -2.20. The maximum absolute atomic E-state index is 11.7. The lowest BCUT2D eigenvalue weighted by Gasteiger charge is -2.12. The van der Waals surface area contributed by atoms with Crippen LogP contribution in [0.3, 0.4) is 0 Å². The van der Waals surface area contributed by atoms with E-state index in [0.29, 0.717) is 6.42 Å². The second-order valence-corrected chi connectivity index (χ2v) is 4.50. The molecule has 0 amide bonds. The topological polar surface area (TPSA) is 43.4 Å². The van der Waals surface area contributed by atoms with E-state index in [0.717, 1.165) is 44.9 Å². The van der Waals surface area contributed by atoms with E-state index >= 15 is 0 Å². The lowest BCUT2D eigenvalue weighted by molar-refractivity contribution is -0.163. The fourth-order valence-electron chi connectivity index (χ4n) is 1.71. The molecule has 0 aliphatic rings. The molecule has 0 N–H and O–H groups in total. The molecule has 100 valence electrons. The van der Waals surface area contributed by atoms with E-state index in [1.165, 1.54) is 0 Å². The normalized spacial score (nSPS) is 12.2. The standard InChI is InChI=1S/C14H26O3/c1-4-7-9-11-13(15)17-14(16)12(6-3)10-8-5-2/h12H,4-11H2,1-3H3. The number of hydrogen-bond donors (Lipinski definition) is 0. The summed E-state index contributed by atoms with van der Waals surface area (Å²) in [6.07, 6.45) is 6.91. The van der Waals surface area contributed by atoms with Gasteiger partial charge in [-0.05, 0) is 19.3 Å². The maximum Gasteiger partial charge on any atom is 0.316 e. The molecule has 0 saturated heterocycles. The molecular weight excluding hydrogens is 216 g/mol. The first-order valence-electron chi connectivity index (χ1n) is 6.90. The van der Waals surface area contributed by atoms with E-state index in [1.54, 1.807) is 0 Å². The molecule has 0 aliphatic heterocycles. The second-order valence-electron chi connectivity index (χ2n) is 4.50. The number of rotatable bonds is 9. The second kappa shape index (κ2) is 10.3. The Morgan fingerprint density at radius 3 is 2.18 bits per heavy atom. The molecule has 0 fully saturated rings. The van der Waals surface area contributed by atoms with E-state index in [2.05, 4.69) is 13.8 Å². The highest BCUT2D eigenvalue weighted by Crippen LogP contribution is 2.15. The molecule has 0 radical (unpaired) electrons.